The summed E-state index contributed by atoms with van der Waals surface area (Å²) >= 11 is 0. The van der Waals surface area contributed by atoms with Crippen molar-refractivity contribution in [2.75, 3.05) is 0 Å². The van der Waals surface area contributed by atoms with E-state index in [1.54, 1.807) is 24.5 Å². The van der Waals surface area contributed by atoms with Crippen LogP contribution in [0, 0.1) is 0 Å². The molecule has 0 fully saturated rings. The summed E-state index contributed by atoms with van der Waals surface area (Å²) < 4.78 is 0. The lowest BCUT2D eigenvalue weighted by Gasteiger charge is -1.90. The highest BCUT2D eigenvalue weighted by Crippen LogP contribution is 2.00. The SMILES string of the molecule is O=c1[nH]ncc2cccnc12. The summed E-state index contributed by atoms with van der Waals surface area (Å²) in [7, 11) is 0. The third-order valence-electron chi connectivity index (χ3n) is 1.42. The summed E-state index contributed by atoms with van der Waals surface area (Å²) in [6.45, 7) is 0. The minimum Gasteiger partial charge on any atom is -0.266 e. The molecule has 0 aliphatic rings. The Morgan fingerprint density at radius 2 is 2.36 bits per heavy atom. The van der Waals surface area contributed by atoms with Crippen LogP contribution in [-0.2, 0) is 0 Å². The average molecular weight is 147 g/mol. The summed E-state index contributed by atoms with van der Waals surface area (Å²) in [6, 6.07) is 3.56. The number of aromatic amines is 1. The van der Waals surface area contributed by atoms with Gasteiger partial charge in [-0.15, -0.1) is 0 Å². The van der Waals surface area contributed by atoms with Crippen molar-refractivity contribution in [3.05, 3.63) is 34.9 Å². The Bertz CT molecular complexity index is 429. The Morgan fingerprint density at radius 1 is 1.45 bits per heavy atom. The quantitative estimate of drug-likeness (QED) is 0.583. The van der Waals surface area contributed by atoms with Gasteiger partial charge in [-0.2, -0.15) is 5.10 Å². The Balaban J connectivity index is 3.03. The molecular formula is C7H5N3O. The fourth-order valence-corrected chi connectivity index (χ4v) is 0.925. The number of pyridine rings is 1. The molecule has 54 valence electrons. The van der Waals surface area contributed by atoms with Gasteiger partial charge >= 0.3 is 0 Å². The molecule has 0 aliphatic carbocycles. The van der Waals surface area contributed by atoms with Crippen LogP contribution in [-0.4, -0.2) is 15.2 Å². The van der Waals surface area contributed by atoms with Crippen molar-refractivity contribution in [1.82, 2.24) is 15.2 Å². The molecule has 11 heavy (non-hydrogen) atoms. The van der Waals surface area contributed by atoms with Crippen molar-refractivity contribution in [2.45, 2.75) is 0 Å². The molecule has 1 N–H and O–H groups in total. The lowest BCUT2D eigenvalue weighted by atomic mass is 10.3. The molecule has 4 heteroatoms. The third-order valence-corrected chi connectivity index (χ3v) is 1.42. The van der Waals surface area contributed by atoms with Crippen LogP contribution in [0.25, 0.3) is 10.9 Å². The van der Waals surface area contributed by atoms with Crippen LogP contribution in [0.15, 0.2) is 29.3 Å². The molecule has 0 atom stereocenters. The van der Waals surface area contributed by atoms with E-state index in [1.165, 1.54) is 0 Å². The van der Waals surface area contributed by atoms with E-state index in [1.807, 2.05) is 0 Å². The van der Waals surface area contributed by atoms with Gasteiger partial charge in [0.15, 0.2) is 0 Å². The lowest BCUT2D eigenvalue weighted by Crippen LogP contribution is -2.08. The van der Waals surface area contributed by atoms with E-state index in [-0.39, 0.29) is 5.56 Å². The second-order valence-corrected chi connectivity index (χ2v) is 2.14. The second-order valence-electron chi connectivity index (χ2n) is 2.14. The van der Waals surface area contributed by atoms with E-state index in [0.29, 0.717) is 5.52 Å². The minimum absolute atomic E-state index is 0.247. The van der Waals surface area contributed by atoms with E-state index in [4.69, 9.17) is 0 Å². The van der Waals surface area contributed by atoms with Crippen LogP contribution < -0.4 is 5.56 Å². The van der Waals surface area contributed by atoms with Crippen LogP contribution in [0.1, 0.15) is 0 Å². The van der Waals surface area contributed by atoms with Crippen LogP contribution in [0.5, 0.6) is 0 Å². The Morgan fingerprint density at radius 3 is 3.18 bits per heavy atom. The van der Waals surface area contributed by atoms with Crippen LogP contribution in [0.2, 0.25) is 0 Å². The smallest absolute Gasteiger partial charge is 0.266 e. The highest BCUT2D eigenvalue weighted by Gasteiger charge is 1.95. The van der Waals surface area contributed by atoms with Crippen LogP contribution >= 0.6 is 0 Å². The van der Waals surface area contributed by atoms with Crippen molar-refractivity contribution in [3.8, 4) is 0 Å². The molecular weight excluding hydrogens is 142 g/mol. The van der Waals surface area contributed by atoms with Gasteiger partial charge < -0.3 is 0 Å². The molecule has 0 saturated heterocycles. The van der Waals surface area contributed by atoms with E-state index >= 15 is 0 Å². The van der Waals surface area contributed by atoms with Gasteiger partial charge in [-0.1, -0.05) is 0 Å². The number of nitrogens with zero attached hydrogens (tertiary/aromatic N) is 2. The van der Waals surface area contributed by atoms with Crippen molar-refractivity contribution >= 4 is 10.9 Å². The maximum Gasteiger partial charge on any atom is 0.290 e. The maximum atomic E-state index is 11.0. The summed E-state index contributed by atoms with van der Waals surface area (Å²) in [6.07, 6.45) is 3.15. The predicted molar refractivity (Wildman–Crippen MR) is 40.2 cm³/mol. The predicted octanol–water partition coefficient (Wildman–Crippen LogP) is 0.318. The molecule has 0 aromatic carbocycles. The first-order chi connectivity index (χ1) is 5.38. The standard InChI is InChI=1S/C7H5N3O/c11-7-6-5(4-9-10-7)2-1-3-8-6/h1-4H,(H,10,11). The van der Waals surface area contributed by atoms with E-state index in [2.05, 4.69) is 15.2 Å². The highest BCUT2D eigenvalue weighted by molar-refractivity contribution is 5.75. The minimum atomic E-state index is -0.247. The lowest BCUT2D eigenvalue weighted by molar-refractivity contribution is 1.00. The molecule has 0 saturated carbocycles. The summed E-state index contributed by atoms with van der Waals surface area (Å²) in [5.74, 6) is 0. The summed E-state index contributed by atoms with van der Waals surface area (Å²) in [4.78, 5) is 14.9. The third kappa shape index (κ3) is 0.881. The number of H-pyrrole nitrogens is 1. The molecule has 0 bridgehead atoms. The Hall–Kier alpha value is -1.71. The zero-order valence-electron chi connectivity index (χ0n) is 5.61. The first kappa shape index (κ1) is 6.03. The first-order valence-corrected chi connectivity index (χ1v) is 3.16. The zero-order chi connectivity index (χ0) is 7.68. The monoisotopic (exact) mass is 147 g/mol. The fourth-order valence-electron chi connectivity index (χ4n) is 0.925. The molecule has 0 radical (unpaired) electrons. The molecule has 2 heterocycles. The molecule has 4 nitrogen and oxygen atoms in total. The van der Waals surface area contributed by atoms with Gasteiger partial charge in [-0.25, -0.2) is 5.10 Å². The number of aromatic nitrogens is 3. The van der Waals surface area contributed by atoms with Crippen molar-refractivity contribution < 1.29 is 0 Å². The van der Waals surface area contributed by atoms with Gasteiger partial charge in [0.25, 0.3) is 5.56 Å². The van der Waals surface area contributed by atoms with E-state index < -0.39 is 0 Å². The molecule has 0 unspecified atom stereocenters. The van der Waals surface area contributed by atoms with Gasteiger partial charge in [-0.05, 0) is 12.1 Å². The summed E-state index contributed by atoms with van der Waals surface area (Å²) in [5, 5.41) is 6.70. The number of hydrogen-bond acceptors (Lipinski definition) is 3. The van der Waals surface area contributed by atoms with Crippen LogP contribution in [0.4, 0.5) is 0 Å². The van der Waals surface area contributed by atoms with Gasteiger partial charge in [0, 0.05) is 11.6 Å². The molecule has 2 aromatic heterocycles. The molecule has 2 rings (SSSR count). The Kier molecular flexibility index (Phi) is 1.18. The number of rotatable bonds is 0. The van der Waals surface area contributed by atoms with Gasteiger partial charge in [0.05, 0.1) is 6.20 Å². The van der Waals surface area contributed by atoms with Gasteiger partial charge in [-0.3, -0.25) is 9.78 Å². The van der Waals surface area contributed by atoms with Crippen LogP contribution in [0.3, 0.4) is 0 Å². The number of nitrogens with one attached hydrogen (secondary N) is 1. The van der Waals surface area contributed by atoms with E-state index in [9.17, 15) is 4.79 Å². The molecule has 2 aromatic rings. The normalized spacial score (nSPS) is 10.2. The van der Waals surface area contributed by atoms with Crippen molar-refractivity contribution in [2.24, 2.45) is 0 Å². The second kappa shape index (κ2) is 2.16. The fraction of sp³-hybridized carbons (Fsp3) is 0. The largest absolute Gasteiger partial charge is 0.290 e. The van der Waals surface area contributed by atoms with Gasteiger partial charge in [0.1, 0.15) is 5.52 Å². The number of fused-ring (bicyclic) bond motifs is 1. The van der Waals surface area contributed by atoms with Crippen molar-refractivity contribution in [3.63, 3.8) is 0 Å². The number of hydrogen-bond donors (Lipinski definition) is 1. The summed E-state index contributed by atoms with van der Waals surface area (Å²) in [5.41, 5.74) is 0.186. The topological polar surface area (TPSA) is 58.6 Å². The average Bonchev–Trinajstić information content (AvgIpc) is 2.06. The molecule has 0 aliphatic heterocycles. The van der Waals surface area contributed by atoms with E-state index in [0.717, 1.165) is 5.39 Å². The molecule has 0 amide bonds. The van der Waals surface area contributed by atoms with Crippen molar-refractivity contribution in [1.29, 1.82) is 0 Å². The Labute approximate surface area is 61.9 Å². The molecule has 0 spiro atoms. The van der Waals surface area contributed by atoms with Gasteiger partial charge in [0.2, 0.25) is 0 Å². The zero-order valence-corrected chi connectivity index (χ0v) is 5.61. The maximum absolute atomic E-state index is 11.0. The first-order valence-electron chi connectivity index (χ1n) is 3.16. The highest BCUT2D eigenvalue weighted by atomic mass is 16.1.